The summed E-state index contributed by atoms with van der Waals surface area (Å²) in [5.74, 6) is 1.55. The number of carbonyl (C=O) groups is 1. The van der Waals surface area contributed by atoms with Crippen molar-refractivity contribution in [3.63, 3.8) is 0 Å². The molecule has 126 valence electrons. The summed E-state index contributed by atoms with van der Waals surface area (Å²) in [5.41, 5.74) is 1.13. The Hall–Kier alpha value is -1.73. The van der Waals surface area contributed by atoms with Gasteiger partial charge in [0, 0.05) is 30.5 Å². The number of rotatable bonds is 4. The Morgan fingerprint density at radius 1 is 1.33 bits per heavy atom. The SMILES string of the molecule is O=C(C1CNC1)N1CCCC1c1nc(Cc2ccc(Br)cc2)no1. The first-order chi connectivity index (χ1) is 11.7. The van der Waals surface area contributed by atoms with Gasteiger partial charge >= 0.3 is 0 Å². The highest BCUT2D eigenvalue weighted by molar-refractivity contribution is 9.10. The van der Waals surface area contributed by atoms with E-state index in [2.05, 4.69) is 31.4 Å². The maximum absolute atomic E-state index is 12.5. The Kier molecular flexibility index (Phi) is 4.37. The second-order valence-corrected chi connectivity index (χ2v) is 7.31. The van der Waals surface area contributed by atoms with Crippen LogP contribution in [0.2, 0.25) is 0 Å². The number of hydrogen-bond donors (Lipinski definition) is 1. The minimum Gasteiger partial charge on any atom is -0.337 e. The Bertz CT molecular complexity index is 726. The number of hydrogen-bond acceptors (Lipinski definition) is 5. The lowest BCUT2D eigenvalue weighted by Gasteiger charge is -2.32. The van der Waals surface area contributed by atoms with Crippen LogP contribution in [0.25, 0.3) is 0 Å². The molecule has 0 spiro atoms. The minimum atomic E-state index is -0.0655. The van der Waals surface area contributed by atoms with Crippen LogP contribution in [0.4, 0.5) is 0 Å². The standard InChI is InChI=1S/C17H19BrN4O2/c18-13-5-3-11(4-6-13)8-15-20-16(24-21-15)14-2-1-7-22(14)17(23)12-9-19-10-12/h3-6,12,14,19H,1-2,7-10H2. The molecule has 4 rings (SSSR count). The Labute approximate surface area is 148 Å². The molecule has 1 aromatic heterocycles. The molecule has 2 aliphatic rings. The second kappa shape index (κ2) is 6.64. The zero-order valence-electron chi connectivity index (χ0n) is 13.2. The maximum atomic E-state index is 12.5. The average molecular weight is 391 g/mol. The lowest BCUT2D eigenvalue weighted by atomic mass is 10.0. The third kappa shape index (κ3) is 3.10. The van der Waals surface area contributed by atoms with E-state index in [9.17, 15) is 4.79 Å². The van der Waals surface area contributed by atoms with Crippen molar-refractivity contribution in [1.29, 1.82) is 0 Å². The van der Waals surface area contributed by atoms with E-state index in [0.29, 0.717) is 18.1 Å². The zero-order valence-corrected chi connectivity index (χ0v) is 14.8. The third-order valence-corrected chi connectivity index (χ3v) is 5.24. The van der Waals surface area contributed by atoms with Crippen LogP contribution in [0.15, 0.2) is 33.3 Å². The third-order valence-electron chi connectivity index (χ3n) is 4.71. The topological polar surface area (TPSA) is 71.3 Å². The highest BCUT2D eigenvalue weighted by Crippen LogP contribution is 2.32. The summed E-state index contributed by atoms with van der Waals surface area (Å²) in [4.78, 5) is 19.0. The monoisotopic (exact) mass is 390 g/mol. The first kappa shape index (κ1) is 15.8. The van der Waals surface area contributed by atoms with E-state index in [1.165, 1.54) is 0 Å². The molecule has 0 bridgehead atoms. The molecular weight excluding hydrogens is 372 g/mol. The van der Waals surface area contributed by atoms with Crippen molar-refractivity contribution in [2.45, 2.75) is 25.3 Å². The molecule has 1 atom stereocenters. The summed E-state index contributed by atoms with van der Waals surface area (Å²) in [6, 6.07) is 8.01. The van der Waals surface area contributed by atoms with Gasteiger partial charge in [-0.05, 0) is 30.5 Å². The first-order valence-electron chi connectivity index (χ1n) is 8.29. The number of benzene rings is 1. The van der Waals surface area contributed by atoms with E-state index in [-0.39, 0.29) is 17.9 Å². The van der Waals surface area contributed by atoms with Crippen LogP contribution in [0, 0.1) is 5.92 Å². The number of amides is 1. The highest BCUT2D eigenvalue weighted by atomic mass is 79.9. The number of nitrogens with one attached hydrogen (secondary N) is 1. The molecule has 3 heterocycles. The molecular formula is C17H19BrN4O2. The molecule has 24 heavy (non-hydrogen) atoms. The van der Waals surface area contributed by atoms with Gasteiger partial charge in [0.05, 0.1) is 5.92 Å². The zero-order chi connectivity index (χ0) is 16.5. The summed E-state index contributed by atoms with van der Waals surface area (Å²) in [6.07, 6.45) is 2.51. The van der Waals surface area contributed by atoms with Crippen molar-refractivity contribution in [2.75, 3.05) is 19.6 Å². The van der Waals surface area contributed by atoms with Gasteiger partial charge in [0.15, 0.2) is 5.82 Å². The van der Waals surface area contributed by atoms with E-state index >= 15 is 0 Å². The van der Waals surface area contributed by atoms with Gasteiger partial charge in [-0.3, -0.25) is 4.79 Å². The van der Waals surface area contributed by atoms with Gasteiger partial charge in [0.1, 0.15) is 6.04 Å². The molecule has 1 amide bonds. The smallest absolute Gasteiger partial charge is 0.249 e. The quantitative estimate of drug-likeness (QED) is 0.866. The summed E-state index contributed by atoms with van der Waals surface area (Å²) < 4.78 is 6.52. The van der Waals surface area contributed by atoms with Gasteiger partial charge in [-0.25, -0.2) is 0 Å². The molecule has 1 aromatic carbocycles. The fraction of sp³-hybridized carbons (Fsp3) is 0.471. The van der Waals surface area contributed by atoms with Gasteiger partial charge in [0.2, 0.25) is 11.8 Å². The van der Waals surface area contributed by atoms with Crippen LogP contribution in [0.3, 0.4) is 0 Å². The number of likely N-dealkylation sites (tertiary alicyclic amines) is 1. The molecule has 6 nitrogen and oxygen atoms in total. The van der Waals surface area contributed by atoms with Crippen LogP contribution in [0.5, 0.6) is 0 Å². The summed E-state index contributed by atoms with van der Waals surface area (Å²) in [7, 11) is 0. The fourth-order valence-corrected chi connectivity index (χ4v) is 3.51. The van der Waals surface area contributed by atoms with Crippen LogP contribution in [-0.4, -0.2) is 40.6 Å². The van der Waals surface area contributed by atoms with Crippen molar-refractivity contribution >= 4 is 21.8 Å². The number of carbonyl (C=O) groups excluding carboxylic acids is 1. The van der Waals surface area contributed by atoms with E-state index in [1.807, 2.05) is 29.2 Å². The molecule has 0 radical (unpaired) electrons. The highest BCUT2D eigenvalue weighted by Gasteiger charge is 2.38. The van der Waals surface area contributed by atoms with Crippen molar-refractivity contribution in [3.8, 4) is 0 Å². The summed E-state index contributed by atoms with van der Waals surface area (Å²) >= 11 is 3.43. The van der Waals surface area contributed by atoms with Crippen molar-refractivity contribution in [3.05, 3.63) is 46.0 Å². The molecule has 0 saturated carbocycles. The van der Waals surface area contributed by atoms with Crippen LogP contribution in [-0.2, 0) is 11.2 Å². The van der Waals surface area contributed by atoms with E-state index in [4.69, 9.17) is 4.52 Å². The van der Waals surface area contributed by atoms with Gasteiger partial charge in [-0.15, -0.1) is 0 Å². The Balaban J connectivity index is 1.47. The lowest BCUT2D eigenvalue weighted by Crippen LogP contribution is -2.51. The van der Waals surface area contributed by atoms with Gasteiger partial charge in [-0.1, -0.05) is 33.2 Å². The number of nitrogens with zero attached hydrogens (tertiary/aromatic N) is 3. The van der Waals surface area contributed by atoms with E-state index in [1.54, 1.807) is 0 Å². The average Bonchev–Trinajstić information content (AvgIpc) is 3.16. The predicted octanol–water partition coefficient (Wildman–Crippen LogP) is 2.31. The molecule has 1 unspecified atom stereocenters. The van der Waals surface area contributed by atoms with E-state index < -0.39 is 0 Å². The van der Waals surface area contributed by atoms with Crippen LogP contribution >= 0.6 is 15.9 Å². The van der Waals surface area contributed by atoms with Gasteiger partial charge < -0.3 is 14.7 Å². The van der Waals surface area contributed by atoms with Crippen LogP contribution in [0.1, 0.15) is 36.2 Å². The van der Waals surface area contributed by atoms with Crippen LogP contribution < -0.4 is 5.32 Å². The van der Waals surface area contributed by atoms with Crippen molar-refractivity contribution < 1.29 is 9.32 Å². The van der Waals surface area contributed by atoms with Crippen molar-refractivity contribution in [1.82, 2.24) is 20.4 Å². The number of aromatic nitrogens is 2. The predicted molar refractivity (Wildman–Crippen MR) is 91.3 cm³/mol. The summed E-state index contributed by atoms with van der Waals surface area (Å²) in [6.45, 7) is 2.34. The molecule has 0 aliphatic carbocycles. The van der Waals surface area contributed by atoms with E-state index in [0.717, 1.165) is 42.5 Å². The van der Waals surface area contributed by atoms with Gasteiger partial charge in [-0.2, -0.15) is 4.98 Å². The minimum absolute atomic E-state index is 0.0655. The largest absolute Gasteiger partial charge is 0.337 e. The second-order valence-electron chi connectivity index (χ2n) is 6.40. The molecule has 2 fully saturated rings. The number of halogens is 1. The molecule has 7 heteroatoms. The Morgan fingerprint density at radius 2 is 2.12 bits per heavy atom. The molecule has 2 saturated heterocycles. The van der Waals surface area contributed by atoms with Crippen molar-refractivity contribution in [2.24, 2.45) is 5.92 Å². The normalized spacial score (nSPS) is 21.0. The molecule has 2 aliphatic heterocycles. The first-order valence-corrected chi connectivity index (χ1v) is 9.08. The fourth-order valence-electron chi connectivity index (χ4n) is 3.24. The Morgan fingerprint density at radius 3 is 2.83 bits per heavy atom. The lowest BCUT2D eigenvalue weighted by molar-refractivity contribution is -0.138. The maximum Gasteiger partial charge on any atom is 0.249 e. The van der Waals surface area contributed by atoms with Gasteiger partial charge in [0.25, 0.3) is 0 Å². The molecule has 2 aromatic rings. The molecule has 1 N–H and O–H groups in total. The summed E-state index contributed by atoms with van der Waals surface area (Å²) in [5, 5.41) is 7.26.